The molecule has 0 N–H and O–H groups in total. The van der Waals surface area contributed by atoms with Gasteiger partial charge in [-0.2, -0.15) is 26.3 Å². The van der Waals surface area contributed by atoms with Gasteiger partial charge in [-0.25, -0.2) is 16.8 Å². The van der Waals surface area contributed by atoms with Crippen molar-refractivity contribution >= 4 is 20.0 Å². The van der Waals surface area contributed by atoms with Crippen LogP contribution >= 0.6 is 0 Å². The van der Waals surface area contributed by atoms with Crippen LogP contribution in [-0.2, 0) is 20.0 Å². The predicted octanol–water partition coefficient (Wildman–Crippen LogP) is 15.4. The minimum atomic E-state index is -6.72. The van der Waals surface area contributed by atoms with E-state index in [2.05, 4.69) is 27.7 Å². The Bertz CT molecular complexity index is 960. The van der Waals surface area contributed by atoms with E-state index in [1.807, 2.05) is 0 Å². The molecule has 0 rings (SSSR count). The van der Waals surface area contributed by atoms with Crippen LogP contribution in [0.5, 0.6) is 0 Å². The molecule has 0 radical (unpaired) electrons. The highest BCUT2D eigenvalue weighted by Gasteiger charge is 2.47. The summed E-state index contributed by atoms with van der Waals surface area (Å²) in [5.41, 5.74) is -12.4. The molecular formula is C42H84F6N2O4S2. The number of hydrogen-bond donors (Lipinski definition) is 0. The van der Waals surface area contributed by atoms with Crippen molar-refractivity contribution in [1.82, 2.24) is 0 Å². The van der Waals surface area contributed by atoms with Gasteiger partial charge in [-0.1, -0.05) is 182 Å². The van der Waals surface area contributed by atoms with Crippen molar-refractivity contribution in [3.8, 4) is 0 Å². The molecular weight excluding hydrogens is 775 g/mol. The quantitative estimate of drug-likeness (QED) is 0.0352. The number of sulfonamides is 2. The summed E-state index contributed by atoms with van der Waals surface area (Å²) >= 11 is 0. The molecule has 0 aromatic carbocycles. The molecule has 0 saturated heterocycles. The number of halogens is 6. The Morgan fingerprint density at radius 3 is 0.643 bits per heavy atom. The van der Waals surface area contributed by atoms with Crippen LogP contribution < -0.4 is 0 Å². The minimum absolute atomic E-state index is 0.778. The van der Waals surface area contributed by atoms with E-state index < -0.39 is 31.1 Å². The van der Waals surface area contributed by atoms with Crippen LogP contribution in [-0.4, -0.2) is 58.5 Å². The molecule has 0 spiro atoms. The molecule has 0 aliphatic heterocycles. The van der Waals surface area contributed by atoms with E-state index in [4.69, 9.17) is 0 Å². The van der Waals surface area contributed by atoms with Crippen LogP contribution in [0.3, 0.4) is 0 Å². The van der Waals surface area contributed by atoms with Gasteiger partial charge in [0, 0.05) is 0 Å². The molecule has 0 bridgehead atoms. The van der Waals surface area contributed by atoms with Gasteiger partial charge in [0.15, 0.2) is 20.0 Å². The van der Waals surface area contributed by atoms with Crippen LogP contribution in [0.25, 0.3) is 4.13 Å². The van der Waals surface area contributed by atoms with Gasteiger partial charge in [-0.05, 0) is 51.4 Å². The molecule has 0 saturated carbocycles. The van der Waals surface area contributed by atoms with Crippen molar-refractivity contribution in [3.63, 3.8) is 0 Å². The molecule has 0 heterocycles. The first-order valence-electron chi connectivity index (χ1n) is 22.7. The van der Waals surface area contributed by atoms with Crippen molar-refractivity contribution in [2.45, 2.75) is 244 Å². The highest BCUT2D eigenvalue weighted by molar-refractivity contribution is 8.13. The fourth-order valence-electron chi connectivity index (χ4n) is 7.21. The predicted molar refractivity (Wildman–Crippen MR) is 223 cm³/mol. The van der Waals surface area contributed by atoms with Gasteiger partial charge in [0.1, 0.15) is 0 Å². The Balaban J connectivity index is 0. The molecule has 56 heavy (non-hydrogen) atoms. The van der Waals surface area contributed by atoms with E-state index in [-0.39, 0.29) is 0 Å². The number of nitrogens with zero attached hydrogens (tertiary/aromatic N) is 2. The first-order chi connectivity index (χ1) is 26.4. The van der Waals surface area contributed by atoms with Crippen molar-refractivity contribution in [3.05, 3.63) is 4.13 Å². The molecule has 0 amide bonds. The molecule has 0 aromatic rings. The summed E-state index contributed by atoms with van der Waals surface area (Å²) in [6.45, 7) is 15.3. The lowest BCUT2D eigenvalue weighted by atomic mass is 10.0. The van der Waals surface area contributed by atoms with E-state index >= 15 is 0 Å². The summed E-state index contributed by atoms with van der Waals surface area (Å²) in [7, 11) is -13.4. The molecule has 0 aliphatic rings. The second kappa shape index (κ2) is 35.2. The molecule has 0 atom stereocenters. The van der Waals surface area contributed by atoms with Crippen LogP contribution in [0, 0.1) is 0 Å². The zero-order chi connectivity index (χ0) is 42.7. The van der Waals surface area contributed by atoms with Gasteiger partial charge in [-0.3, -0.25) is 0 Å². The minimum Gasteiger partial charge on any atom is -0.421 e. The van der Waals surface area contributed by atoms with Gasteiger partial charge in [0.05, 0.1) is 26.2 Å². The Hall–Kier alpha value is -0.600. The molecule has 0 aliphatic carbocycles. The third kappa shape index (κ3) is 32.3. The average Bonchev–Trinajstić information content (AvgIpc) is 3.11. The molecule has 0 aromatic heterocycles. The highest BCUT2D eigenvalue weighted by Crippen LogP contribution is 2.36. The van der Waals surface area contributed by atoms with Gasteiger partial charge in [0.2, 0.25) is 0 Å². The van der Waals surface area contributed by atoms with Crippen LogP contribution in [0.2, 0.25) is 0 Å². The first kappa shape index (κ1) is 57.5. The summed E-state index contributed by atoms with van der Waals surface area (Å²) in [5.74, 6) is 0. The summed E-state index contributed by atoms with van der Waals surface area (Å²) < 4.78 is 111. The normalized spacial score (nSPS) is 12.9. The van der Waals surface area contributed by atoms with E-state index in [0.29, 0.717) is 0 Å². The number of alkyl halides is 6. The maximum Gasteiger partial charge on any atom is 0.480 e. The fraction of sp³-hybridized carbons (Fsp3) is 1.00. The summed E-state index contributed by atoms with van der Waals surface area (Å²) in [4.78, 5) is 0. The second-order valence-electron chi connectivity index (χ2n) is 16.1. The van der Waals surface area contributed by atoms with Gasteiger partial charge < -0.3 is 8.61 Å². The number of rotatable bonds is 38. The number of hydrogen-bond acceptors (Lipinski definition) is 4. The molecule has 0 unspecified atom stereocenters. The largest absolute Gasteiger partial charge is 0.480 e. The molecule has 340 valence electrons. The lowest BCUT2D eigenvalue weighted by Crippen LogP contribution is -2.50. The number of quaternary nitrogens is 1. The maximum atomic E-state index is 11.4. The smallest absolute Gasteiger partial charge is 0.421 e. The fourth-order valence-corrected chi connectivity index (χ4v) is 8.92. The number of unbranched alkanes of at least 4 members (excludes halogenated alkanes) is 28. The first-order valence-corrected chi connectivity index (χ1v) is 25.5. The Morgan fingerprint density at radius 2 is 0.482 bits per heavy atom. The molecule has 6 nitrogen and oxygen atoms in total. The zero-order valence-corrected chi connectivity index (χ0v) is 37.7. The average molecular weight is 859 g/mol. The topological polar surface area (TPSA) is 82.4 Å². The SMILES string of the molecule is CCCCCCCCCC[N+](CCCCCCCCCC)(CCCCCCCCCC)CCCCCCCCCC.O=S(=O)([N-]S(=O)(=O)C(F)(F)F)C(F)(F)F. The zero-order valence-electron chi connectivity index (χ0n) is 36.1. The summed E-state index contributed by atoms with van der Waals surface area (Å²) in [6.07, 6.45) is 46.7. The van der Waals surface area contributed by atoms with Crippen LogP contribution in [0.4, 0.5) is 26.3 Å². The van der Waals surface area contributed by atoms with Gasteiger partial charge >= 0.3 is 11.0 Å². The second-order valence-corrected chi connectivity index (χ2v) is 19.5. The van der Waals surface area contributed by atoms with Crippen molar-refractivity contribution in [1.29, 1.82) is 0 Å². The Labute approximate surface area is 341 Å². The standard InChI is InChI=1S/C40H84N.C2F6NO4S2/c1-5-9-13-17-21-25-29-33-37-41(38-34-30-26-22-18-14-10-6-2,39-35-31-27-23-19-15-11-7-3)40-36-32-28-24-20-16-12-8-4;3-1(4,5)14(10,11)9-15(12,13)2(6,7)8/h5-40H2,1-4H3;/q+1;-1. The van der Waals surface area contributed by atoms with E-state index in [0.717, 1.165) is 4.13 Å². The van der Waals surface area contributed by atoms with Gasteiger partial charge in [0.25, 0.3) is 0 Å². The monoisotopic (exact) mass is 859 g/mol. The van der Waals surface area contributed by atoms with Crippen LogP contribution in [0.15, 0.2) is 0 Å². The van der Waals surface area contributed by atoms with E-state index in [1.54, 1.807) is 0 Å². The van der Waals surface area contributed by atoms with E-state index in [9.17, 15) is 43.2 Å². The molecule has 14 heteroatoms. The Kier molecular flexibility index (Phi) is 36.1. The third-order valence-electron chi connectivity index (χ3n) is 10.7. The van der Waals surface area contributed by atoms with E-state index in [1.165, 1.54) is 236 Å². The van der Waals surface area contributed by atoms with Crippen LogP contribution in [0.1, 0.15) is 233 Å². The highest BCUT2D eigenvalue weighted by atomic mass is 32.3. The summed E-state index contributed by atoms with van der Waals surface area (Å²) in [5, 5.41) is 0. The van der Waals surface area contributed by atoms with Gasteiger partial charge in [-0.15, -0.1) is 0 Å². The van der Waals surface area contributed by atoms with Crippen molar-refractivity contribution in [2.75, 3.05) is 26.2 Å². The molecule has 0 fully saturated rings. The lowest BCUT2D eigenvalue weighted by Gasteiger charge is -2.40. The third-order valence-corrected chi connectivity index (χ3v) is 13.5. The summed E-state index contributed by atoms with van der Waals surface area (Å²) in [6, 6.07) is 0. The van der Waals surface area contributed by atoms with Crippen molar-refractivity contribution < 1.29 is 47.7 Å². The lowest BCUT2D eigenvalue weighted by molar-refractivity contribution is -0.929. The maximum absolute atomic E-state index is 11.4. The van der Waals surface area contributed by atoms with Crippen molar-refractivity contribution in [2.24, 2.45) is 0 Å². The Morgan fingerprint density at radius 1 is 0.321 bits per heavy atom.